The molecule has 1 aliphatic carbocycles. The molecular formula is C16H19BrN2OS. The van der Waals surface area contributed by atoms with Crippen LogP contribution in [0.1, 0.15) is 30.3 Å². The van der Waals surface area contributed by atoms with Gasteiger partial charge in [-0.3, -0.25) is 4.79 Å². The monoisotopic (exact) mass is 366 g/mol. The minimum Gasteiger partial charge on any atom is -0.326 e. The van der Waals surface area contributed by atoms with Gasteiger partial charge < -0.3 is 5.32 Å². The molecule has 0 saturated heterocycles. The van der Waals surface area contributed by atoms with Crippen LogP contribution < -0.4 is 5.32 Å². The molecule has 21 heavy (non-hydrogen) atoms. The van der Waals surface area contributed by atoms with Crippen LogP contribution in [0.15, 0.2) is 24.3 Å². The van der Waals surface area contributed by atoms with Gasteiger partial charge in [-0.2, -0.15) is 0 Å². The van der Waals surface area contributed by atoms with E-state index in [0.717, 1.165) is 35.5 Å². The Labute approximate surface area is 139 Å². The molecule has 1 amide bonds. The van der Waals surface area contributed by atoms with E-state index in [-0.39, 0.29) is 28.8 Å². The maximum atomic E-state index is 11.7. The molecule has 3 rings (SSSR count). The van der Waals surface area contributed by atoms with E-state index in [1.807, 2.05) is 24.3 Å². The highest BCUT2D eigenvalue weighted by molar-refractivity contribution is 8.93. The van der Waals surface area contributed by atoms with Crippen LogP contribution in [-0.2, 0) is 11.2 Å². The van der Waals surface area contributed by atoms with Crippen molar-refractivity contribution in [3.8, 4) is 10.6 Å². The zero-order valence-corrected chi connectivity index (χ0v) is 14.7. The minimum atomic E-state index is 0. The van der Waals surface area contributed by atoms with Crippen LogP contribution in [0.4, 0.5) is 5.69 Å². The maximum absolute atomic E-state index is 11.7. The molecule has 0 spiro atoms. The van der Waals surface area contributed by atoms with Crippen molar-refractivity contribution >= 4 is 39.9 Å². The molecule has 0 bridgehead atoms. The largest absolute Gasteiger partial charge is 0.326 e. The van der Waals surface area contributed by atoms with Gasteiger partial charge in [0.1, 0.15) is 5.01 Å². The van der Waals surface area contributed by atoms with Gasteiger partial charge >= 0.3 is 0 Å². The van der Waals surface area contributed by atoms with Gasteiger partial charge in [0.05, 0.1) is 5.69 Å². The lowest BCUT2D eigenvalue weighted by atomic mass is 10.2. The molecule has 1 N–H and O–H groups in total. The summed E-state index contributed by atoms with van der Waals surface area (Å²) >= 11 is 1.73. The SMILES string of the molecule is Br.CCc1nc(-c2ccc(NC(=O)C3CC3)cc2)sc1C. The summed E-state index contributed by atoms with van der Waals surface area (Å²) in [5, 5.41) is 4.01. The molecule has 0 aliphatic heterocycles. The summed E-state index contributed by atoms with van der Waals surface area (Å²) in [5.74, 6) is 0.388. The smallest absolute Gasteiger partial charge is 0.227 e. The van der Waals surface area contributed by atoms with Gasteiger partial charge in [0.15, 0.2) is 0 Å². The predicted octanol–water partition coefficient (Wildman–Crippen LogP) is 4.61. The van der Waals surface area contributed by atoms with Crippen LogP contribution in [0, 0.1) is 12.8 Å². The van der Waals surface area contributed by atoms with Gasteiger partial charge in [0.25, 0.3) is 0 Å². The number of amides is 1. The van der Waals surface area contributed by atoms with E-state index in [4.69, 9.17) is 0 Å². The van der Waals surface area contributed by atoms with Crippen molar-refractivity contribution in [3.05, 3.63) is 34.8 Å². The Bertz CT molecular complexity index is 632. The predicted molar refractivity (Wildman–Crippen MR) is 93.3 cm³/mol. The number of hydrogen-bond donors (Lipinski definition) is 1. The van der Waals surface area contributed by atoms with Crippen LogP contribution in [0.2, 0.25) is 0 Å². The van der Waals surface area contributed by atoms with E-state index in [9.17, 15) is 4.79 Å². The van der Waals surface area contributed by atoms with Crippen molar-refractivity contribution in [2.24, 2.45) is 5.92 Å². The average molecular weight is 367 g/mol. The van der Waals surface area contributed by atoms with Crippen molar-refractivity contribution in [1.82, 2.24) is 4.98 Å². The molecule has 1 saturated carbocycles. The summed E-state index contributed by atoms with van der Waals surface area (Å²) in [6.07, 6.45) is 3.03. The van der Waals surface area contributed by atoms with Gasteiger partial charge in [0.2, 0.25) is 5.91 Å². The first-order valence-corrected chi connectivity index (χ1v) is 7.86. The molecule has 1 aromatic carbocycles. The molecule has 1 fully saturated rings. The molecule has 0 unspecified atom stereocenters. The molecule has 1 aromatic heterocycles. The molecule has 1 aliphatic rings. The quantitative estimate of drug-likeness (QED) is 0.858. The Hall–Kier alpha value is -1.20. The number of nitrogens with zero attached hydrogens (tertiary/aromatic N) is 1. The third kappa shape index (κ3) is 3.71. The summed E-state index contributed by atoms with van der Waals surface area (Å²) in [6, 6.07) is 7.97. The van der Waals surface area contributed by atoms with Crippen molar-refractivity contribution in [1.29, 1.82) is 0 Å². The van der Waals surface area contributed by atoms with E-state index >= 15 is 0 Å². The van der Waals surface area contributed by atoms with E-state index in [0.29, 0.717) is 0 Å². The summed E-state index contributed by atoms with van der Waals surface area (Å²) < 4.78 is 0. The first kappa shape index (κ1) is 16.2. The Balaban J connectivity index is 0.00000161. The Morgan fingerprint density at radius 1 is 1.33 bits per heavy atom. The highest BCUT2D eigenvalue weighted by Gasteiger charge is 2.29. The Morgan fingerprint density at radius 2 is 2.00 bits per heavy atom. The number of anilines is 1. The van der Waals surface area contributed by atoms with Gasteiger partial charge in [-0.15, -0.1) is 28.3 Å². The highest BCUT2D eigenvalue weighted by atomic mass is 79.9. The zero-order valence-electron chi connectivity index (χ0n) is 12.2. The third-order valence-electron chi connectivity index (χ3n) is 3.58. The van der Waals surface area contributed by atoms with Gasteiger partial charge in [-0.1, -0.05) is 6.92 Å². The number of aromatic nitrogens is 1. The number of halogens is 1. The number of carbonyl (C=O) groups is 1. The van der Waals surface area contributed by atoms with Gasteiger partial charge in [0, 0.05) is 22.0 Å². The van der Waals surface area contributed by atoms with Crippen molar-refractivity contribution in [2.75, 3.05) is 5.32 Å². The molecule has 3 nitrogen and oxygen atoms in total. The molecule has 0 radical (unpaired) electrons. The standard InChI is InChI=1S/C16H18N2OS.BrH/c1-3-14-10(2)20-16(18-14)12-6-8-13(9-7-12)17-15(19)11-4-5-11;/h6-9,11H,3-5H2,1-2H3,(H,17,19);1H. The number of hydrogen-bond acceptors (Lipinski definition) is 3. The third-order valence-corrected chi connectivity index (χ3v) is 4.64. The number of benzene rings is 1. The summed E-state index contributed by atoms with van der Waals surface area (Å²) in [6.45, 7) is 4.24. The second-order valence-electron chi connectivity index (χ2n) is 5.22. The maximum Gasteiger partial charge on any atom is 0.227 e. The second-order valence-corrected chi connectivity index (χ2v) is 6.42. The molecular weight excluding hydrogens is 348 g/mol. The molecule has 0 atom stereocenters. The normalized spacial score (nSPS) is 13.6. The average Bonchev–Trinajstić information content (AvgIpc) is 3.23. The molecule has 5 heteroatoms. The fraction of sp³-hybridized carbons (Fsp3) is 0.375. The van der Waals surface area contributed by atoms with E-state index in [2.05, 4.69) is 24.1 Å². The summed E-state index contributed by atoms with van der Waals surface area (Å²) in [4.78, 5) is 17.6. The van der Waals surface area contributed by atoms with E-state index in [1.165, 1.54) is 10.6 Å². The second kappa shape index (κ2) is 6.71. The first-order valence-electron chi connectivity index (χ1n) is 7.05. The molecule has 1 heterocycles. The number of aryl methyl sites for hydroxylation is 2. The number of carbonyl (C=O) groups excluding carboxylic acids is 1. The lowest BCUT2D eigenvalue weighted by Gasteiger charge is -2.04. The van der Waals surface area contributed by atoms with Crippen LogP contribution in [0.5, 0.6) is 0 Å². The van der Waals surface area contributed by atoms with Gasteiger partial charge in [-0.05, 0) is 50.5 Å². The lowest BCUT2D eigenvalue weighted by molar-refractivity contribution is -0.117. The van der Waals surface area contributed by atoms with Crippen molar-refractivity contribution in [3.63, 3.8) is 0 Å². The Kier molecular flexibility index (Phi) is 5.17. The Morgan fingerprint density at radius 3 is 2.52 bits per heavy atom. The van der Waals surface area contributed by atoms with Crippen LogP contribution in [0.25, 0.3) is 10.6 Å². The van der Waals surface area contributed by atoms with Gasteiger partial charge in [-0.25, -0.2) is 4.98 Å². The minimum absolute atomic E-state index is 0. The van der Waals surface area contributed by atoms with E-state index < -0.39 is 0 Å². The zero-order chi connectivity index (χ0) is 14.1. The topological polar surface area (TPSA) is 42.0 Å². The van der Waals surface area contributed by atoms with Crippen LogP contribution in [-0.4, -0.2) is 10.9 Å². The van der Waals surface area contributed by atoms with Crippen molar-refractivity contribution < 1.29 is 4.79 Å². The number of nitrogens with one attached hydrogen (secondary N) is 1. The highest BCUT2D eigenvalue weighted by Crippen LogP contribution is 2.31. The van der Waals surface area contributed by atoms with E-state index in [1.54, 1.807) is 11.3 Å². The summed E-state index contributed by atoms with van der Waals surface area (Å²) in [5.41, 5.74) is 3.16. The van der Waals surface area contributed by atoms with Crippen LogP contribution >= 0.6 is 28.3 Å². The molecule has 2 aromatic rings. The number of thiazole rings is 1. The molecule has 112 valence electrons. The summed E-state index contributed by atoms with van der Waals surface area (Å²) in [7, 11) is 0. The lowest BCUT2D eigenvalue weighted by Crippen LogP contribution is -2.12. The van der Waals surface area contributed by atoms with Crippen molar-refractivity contribution in [2.45, 2.75) is 33.1 Å². The fourth-order valence-electron chi connectivity index (χ4n) is 2.17. The number of rotatable bonds is 4. The van der Waals surface area contributed by atoms with Crippen LogP contribution in [0.3, 0.4) is 0 Å². The fourth-order valence-corrected chi connectivity index (χ4v) is 3.17. The first-order chi connectivity index (χ1) is 9.67.